The number of hydrogen-bond acceptors (Lipinski definition) is 6. The zero-order valence-corrected chi connectivity index (χ0v) is 21.2. The number of halogens is 1. The molecule has 0 spiro atoms. The summed E-state index contributed by atoms with van der Waals surface area (Å²) in [6, 6.07) is 3.06. The first-order chi connectivity index (χ1) is 17.5. The van der Waals surface area contributed by atoms with E-state index in [1.54, 1.807) is 28.0 Å². The standard InChI is InChI=1S/C25H29BFN5O5/c1-24(2)25(3,4)37-26(36-24)18-12-16(21(27)22-17(18)13-19(29-22)23(34)35)15-6-5-9-31(14-15)20(33)7-10-32-11-8-28-30-32/h6,8,11-13,29H,5,7,9-10,14H2,1-4H3,(H,34,35). The molecule has 1 amide bonds. The number of carbonyl (C=O) groups excluding carboxylic acids is 1. The predicted molar refractivity (Wildman–Crippen MR) is 135 cm³/mol. The first kappa shape index (κ1) is 25.2. The van der Waals surface area contributed by atoms with Crippen molar-refractivity contribution in [2.75, 3.05) is 13.1 Å². The number of carbonyl (C=O) groups is 2. The summed E-state index contributed by atoms with van der Waals surface area (Å²) in [6.07, 6.45) is 5.98. The Bertz CT molecular complexity index is 1380. The molecule has 194 valence electrons. The van der Waals surface area contributed by atoms with Gasteiger partial charge in [0.1, 0.15) is 5.69 Å². The molecule has 4 heterocycles. The van der Waals surface area contributed by atoms with Gasteiger partial charge >= 0.3 is 13.1 Å². The van der Waals surface area contributed by atoms with Crippen molar-refractivity contribution in [1.82, 2.24) is 24.9 Å². The van der Waals surface area contributed by atoms with Crippen LogP contribution in [0.25, 0.3) is 16.5 Å². The van der Waals surface area contributed by atoms with Gasteiger partial charge in [-0.1, -0.05) is 17.4 Å². The van der Waals surface area contributed by atoms with Gasteiger partial charge in [-0.3, -0.25) is 9.48 Å². The zero-order chi connectivity index (χ0) is 26.5. The molecule has 10 nitrogen and oxygen atoms in total. The third kappa shape index (κ3) is 4.55. The minimum Gasteiger partial charge on any atom is -0.477 e. The highest BCUT2D eigenvalue weighted by Gasteiger charge is 2.52. The molecule has 0 bridgehead atoms. The van der Waals surface area contributed by atoms with Gasteiger partial charge in [0.05, 0.1) is 29.5 Å². The highest BCUT2D eigenvalue weighted by Crippen LogP contribution is 2.38. The molecule has 1 aromatic carbocycles. The first-order valence-corrected chi connectivity index (χ1v) is 12.2. The number of benzene rings is 1. The maximum Gasteiger partial charge on any atom is 0.495 e. The summed E-state index contributed by atoms with van der Waals surface area (Å²) < 4.78 is 30.0. The molecule has 2 N–H and O–H groups in total. The molecule has 2 aliphatic rings. The van der Waals surface area contributed by atoms with Crippen molar-refractivity contribution in [3.63, 3.8) is 0 Å². The molecule has 0 saturated carbocycles. The molecule has 12 heteroatoms. The molecule has 2 aromatic heterocycles. The molecule has 3 aromatic rings. The number of nitrogens with one attached hydrogen (secondary N) is 1. The molecular formula is C25H29BFN5O5. The quantitative estimate of drug-likeness (QED) is 0.490. The fourth-order valence-corrected chi connectivity index (χ4v) is 4.67. The van der Waals surface area contributed by atoms with Crippen LogP contribution in [-0.4, -0.2) is 73.3 Å². The number of aromatic amines is 1. The van der Waals surface area contributed by atoms with E-state index in [2.05, 4.69) is 15.3 Å². The average Bonchev–Trinajstić information content (AvgIpc) is 3.56. The van der Waals surface area contributed by atoms with Crippen molar-refractivity contribution in [2.45, 2.75) is 58.3 Å². The van der Waals surface area contributed by atoms with Gasteiger partial charge in [-0.2, -0.15) is 0 Å². The zero-order valence-electron chi connectivity index (χ0n) is 21.2. The molecular weight excluding hydrogens is 480 g/mol. The summed E-state index contributed by atoms with van der Waals surface area (Å²) in [6.45, 7) is 8.83. The van der Waals surface area contributed by atoms with E-state index in [4.69, 9.17) is 9.31 Å². The predicted octanol–water partition coefficient (Wildman–Crippen LogP) is 2.60. The normalized spacial score (nSPS) is 18.9. The summed E-state index contributed by atoms with van der Waals surface area (Å²) in [5, 5.41) is 17.6. The molecule has 0 unspecified atom stereocenters. The third-order valence-electron chi connectivity index (χ3n) is 7.50. The lowest BCUT2D eigenvalue weighted by atomic mass is 9.75. The van der Waals surface area contributed by atoms with Crippen LogP contribution in [-0.2, 0) is 20.6 Å². The van der Waals surface area contributed by atoms with Crippen LogP contribution >= 0.6 is 0 Å². The van der Waals surface area contributed by atoms with E-state index in [0.29, 0.717) is 35.9 Å². The maximum atomic E-state index is 15.9. The van der Waals surface area contributed by atoms with Gasteiger partial charge in [0, 0.05) is 36.7 Å². The Balaban J connectivity index is 1.50. The topological polar surface area (TPSA) is 123 Å². The number of fused-ring (bicyclic) bond motifs is 1. The summed E-state index contributed by atoms with van der Waals surface area (Å²) >= 11 is 0. The smallest absolute Gasteiger partial charge is 0.477 e. The van der Waals surface area contributed by atoms with E-state index in [0.717, 1.165) is 0 Å². The van der Waals surface area contributed by atoms with Crippen molar-refractivity contribution in [3.8, 4) is 0 Å². The number of carboxylic acid groups (broad SMARTS) is 1. The SMILES string of the molecule is CC1(C)OB(c2cc(C3=CCCN(C(=O)CCn4ccnn4)C3)c(F)c3[nH]c(C(=O)O)cc23)OC1(C)C. The monoisotopic (exact) mass is 509 g/mol. The number of aryl methyl sites for hydroxylation is 1. The number of aromatic nitrogens is 4. The lowest BCUT2D eigenvalue weighted by molar-refractivity contribution is -0.131. The van der Waals surface area contributed by atoms with Crippen LogP contribution in [0.5, 0.6) is 0 Å². The molecule has 1 saturated heterocycles. The summed E-state index contributed by atoms with van der Waals surface area (Å²) in [4.78, 5) is 29.0. The number of nitrogens with zero attached hydrogens (tertiary/aromatic N) is 4. The third-order valence-corrected chi connectivity index (χ3v) is 7.50. The van der Waals surface area contributed by atoms with Gasteiger partial charge in [-0.05, 0) is 51.2 Å². The van der Waals surface area contributed by atoms with Crippen molar-refractivity contribution in [1.29, 1.82) is 0 Å². The second-order valence-corrected chi connectivity index (χ2v) is 10.4. The number of hydrogen-bond donors (Lipinski definition) is 2. The van der Waals surface area contributed by atoms with Crippen LogP contribution in [0, 0.1) is 5.82 Å². The second-order valence-electron chi connectivity index (χ2n) is 10.4. The minimum absolute atomic E-state index is 0.0649. The molecule has 0 radical (unpaired) electrons. The van der Waals surface area contributed by atoms with E-state index in [1.807, 2.05) is 33.8 Å². The van der Waals surface area contributed by atoms with Gasteiger partial charge in [0.2, 0.25) is 5.91 Å². The number of rotatable bonds is 6. The first-order valence-electron chi connectivity index (χ1n) is 12.2. The van der Waals surface area contributed by atoms with Crippen LogP contribution < -0.4 is 5.46 Å². The highest BCUT2D eigenvalue weighted by molar-refractivity contribution is 6.65. The Labute approximate surface area is 213 Å². The van der Waals surface area contributed by atoms with Crippen LogP contribution in [0.2, 0.25) is 0 Å². The van der Waals surface area contributed by atoms with Gasteiger partial charge in [0.25, 0.3) is 0 Å². The van der Waals surface area contributed by atoms with Gasteiger partial charge in [0.15, 0.2) is 5.82 Å². The molecule has 0 aliphatic carbocycles. The summed E-state index contributed by atoms with van der Waals surface area (Å²) in [5.41, 5.74) is 0.115. The number of aromatic carboxylic acids is 1. The van der Waals surface area contributed by atoms with E-state index in [1.165, 1.54) is 6.07 Å². The average molecular weight is 509 g/mol. The number of amides is 1. The van der Waals surface area contributed by atoms with E-state index in [9.17, 15) is 14.7 Å². The van der Waals surface area contributed by atoms with Crippen molar-refractivity contribution >= 4 is 40.9 Å². The fourth-order valence-electron chi connectivity index (χ4n) is 4.67. The van der Waals surface area contributed by atoms with Crippen LogP contribution in [0.4, 0.5) is 4.39 Å². The van der Waals surface area contributed by atoms with E-state index < -0.39 is 30.1 Å². The highest BCUT2D eigenvalue weighted by atomic mass is 19.1. The molecule has 0 atom stereocenters. The van der Waals surface area contributed by atoms with Crippen molar-refractivity contribution in [3.05, 3.63) is 47.7 Å². The molecule has 2 aliphatic heterocycles. The Kier molecular flexibility index (Phi) is 6.19. The largest absolute Gasteiger partial charge is 0.495 e. The maximum absolute atomic E-state index is 15.9. The number of carboxylic acids is 1. The van der Waals surface area contributed by atoms with Crippen molar-refractivity contribution < 1.29 is 28.4 Å². The Hall–Kier alpha value is -3.51. The van der Waals surface area contributed by atoms with Gasteiger partial charge in [-0.25, -0.2) is 9.18 Å². The fraction of sp³-hybridized carbons (Fsp3) is 0.440. The van der Waals surface area contributed by atoms with Crippen LogP contribution in [0.3, 0.4) is 0 Å². The number of H-pyrrole nitrogens is 1. The van der Waals surface area contributed by atoms with Crippen LogP contribution in [0.15, 0.2) is 30.6 Å². The van der Waals surface area contributed by atoms with E-state index in [-0.39, 0.29) is 35.6 Å². The van der Waals surface area contributed by atoms with Crippen molar-refractivity contribution in [2.24, 2.45) is 0 Å². The van der Waals surface area contributed by atoms with Gasteiger partial charge < -0.3 is 24.3 Å². The summed E-state index contributed by atoms with van der Waals surface area (Å²) in [5.74, 6) is -1.84. The van der Waals surface area contributed by atoms with Gasteiger partial charge in [-0.15, -0.1) is 5.10 Å². The van der Waals surface area contributed by atoms with E-state index >= 15 is 4.39 Å². The Morgan fingerprint density at radius 2 is 1.95 bits per heavy atom. The minimum atomic E-state index is -1.20. The molecule has 37 heavy (non-hydrogen) atoms. The Morgan fingerprint density at radius 3 is 2.59 bits per heavy atom. The summed E-state index contributed by atoms with van der Waals surface area (Å²) in [7, 11) is -0.825. The lowest BCUT2D eigenvalue weighted by Crippen LogP contribution is -2.41. The second kappa shape index (κ2) is 9.11. The Morgan fingerprint density at radius 1 is 1.22 bits per heavy atom. The van der Waals surface area contributed by atoms with Crippen LogP contribution in [0.1, 0.15) is 56.6 Å². The molecule has 5 rings (SSSR count). The molecule has 1 fully saturated rings. The lowest BCUT2D eigenvalue weighted by Gasteiger charge is -2.32.